The molecule has 4 heteroatoms. The van der Waals surface area contributed by atoms with Crippen LogP contribution in [0.1, 0.15) is 55.7 Å². The molecule has 0 bridgehead atoms. The van der Waals surface area contributed by atoms with Crippen molar-refractivity contribution in [1.29, 1.82) is 0 Å². The van der Waals surface area contributed by atoms with E-state index < -0.39 is 11.7 Å². The van der Waals surface area contributed by atoms with Crippen LogP contribution in [0.5, 0.6) is 0 Å². The standard InChI is InChI=1S/C16H22F3N/c1-12(2)14-8-13(9-15(10-14)16(17,18)19)11-20-6-4-3-5-7-20/h8-10,12H,3-7,11H2,1-2H3. The molecule has 0 aromatic heterocycles. The van der Waals surface area contributed by atoms with Crippen LogP contribution < -0.4 is 0 Å². The summed E-state index contributed by atoms with van der Waals surface area (Å²) in [5.74, 6) is 0.109. The highest BCUT2D eigenvalue weighted by atomic mass is 19.4. The van der Waals surface area contributed by atoms with Crippen LogP contribution in [0.4, 0.5) is 13.2 Å². The fourth-order valence-electron chi connectivity index (χ4n) is 2.68. The topological polar surface area (TPSA) is 3.24 Å². The number of nitrogens with zero attached hydrogens (tertiary/aromatic N) is 1. The predicted molar refractivity (Wildman–Crippen MR) is 74.7 cm³/mol. The highest BCUT2D eigenvalue weighted by Gasteiger charge is 2.31. The summed E-state index contributed by atoms with van der Waals surface area (Å²) in [6.45, 7) is 6.48. The normalized spacial score (nSPS) is 17.7. The Bertz CT molecular complexity index is 446. The summed E-state index contributed by atoms with van der Waals surface area (Å²) in [5.41, 5.74) is 1.04. The SMILES string of the molecule is CC(C)c1cc(CN2CCCCC2)cc(C(F)(F)F)c1. The molecule has 0 aliphatic carbocycles. The molecule has 20 heavy (non-hydrogen) atoms. The van der Waals surface area contributed by atoms with Gasteiger partial charge in [0.05, 0.1) is 5.56 Å². The highest BCUT2D eigenvalue weighted by Crippen LogP contribution is 2.32. The molecule has 1 saturated heterocycles. The van der Waals surface area contributed by atoms with Crippen LogP contribution in [0.2, 0.25) is 0 Å². The molecule has 0 amide bonds. The molecule has 1 heterocycles. The van der Waals surface area contributed by atoms with Gasteiger partial charge in [-0.1, -0.05) is 26.3 Å². The number of hydrogen-bond donors (Lipinski definition) is 0. The Morgan fingerprint density at radius 1 is 1.05 bits per heavy atom. The molecule has 1 aliphatic rings. The zero-order valence-corrected chi connectivity index (χ0v) is 12.1. The number of hydrogen-bond acceptors (Lipinski definition) is 1. The molecule has 112 valence electrons. The van der Waals surface area contributed by atoms with Gasteiger partial charge in [0.25, 0.3) is 0 Å². The third-order valence-electron chi connectivity index (χ3n) is 3.86. The third-order valence-corrected chi connectivity index (χ3v) is 3.86. The van der Waals surface area contributed by atoms with E-state index >= 15 is 0 Å². The van der Waals surface area contributed by atoms with Crippen molar-refractivity contribution in [2.75, 3.05) is 13.1 Å². The molecule has 2 rings (SSSR count). The number of rotatable bonds is 3. The molecule has 0 saturated carbocycles. The minimum Gasteiger partial charge on any atom is -0.299 e. The van der Waals surface area contributed by atoms with Gasteiger partial charge in [-0.25, -0.2) is 0 Å². The lowest BCUT2D eigenvalue weighted by atomic mass is 9.97. The molecule has 0 unspecified atom stereocenters. The second kappa shape index (κ2) is 6.17. The fourth-order valence-corrected chi connectivity index (χ4v) is 2.68. The number of alkyl halides is 3. The summed E-state index contributed by atoms with van der Waals surface area (Å²) >= 11 is 0. The van der Waals surface area contributed by atoms with E-state index in [1.807, 2.05) is 19.9 Å². The summed E-state index contributed by atoms with van der Waals surface area (Å²) in [4.78, 5) is 2.25. The summed E-state index contributed by atoms with van der Waals surface area (Å²) in [7, 11) is 0. The predicted octanol–water partition coefficient (Wildman–Crippen LogP) is 4.81. The van der Waals surface area contributed by atoms with Crippen molar-refractivity contribution in [2.24, 2.45) is 0 Å². The second-order valence-electron chi connectivity index (χ2n) is 5.95. The first-order valence-electron chi connectivity index (χ1n) is 7.29. The Kier molecular flexibility index (Phi) is 4.74. The van der Waals surface area contributed by atoms with E-state index in [1.54, 1.807) is 0 Å². The number of piperidine rings is 1. The van der Waals surface area contributed by atoms with E-state index in [-0.39, 0.29) is 5.92 Å². The van der Waals surface area contributed by atoms with E-state index in [0.29, 0.717) is 6.54 Å². The number of halogens is 3. The molecule has 0 radical (unpaired) electrons. The van der Waals surface area contributed by atoms with Crippen LogP contribution in [-0.4, -0.2) is 18.0 Å². The smallest absolute Gasteiger partial charge is 0.299 e. The van der Waals surface area contributed by atoms with Gasteiger partial charge in [0.2, 0.25) is 0 Å². The van der Waals surface area contributed by atoms with Crippen molar-refractivity contribution in [3.63, 3.8) is 0 Å². The van der Waals surface area contributed by atoms with Gasteiger partial charge in [-0.2, -0.15) is 13.2 Å². The van der Waals surface area contributed by atoms with E-state index in [1.165, 1.54) is 18.6 Å². The van der Waals surface area contributed by atoms with Crippen molar-refractivity contribution >= 4 is 0 Å². The van der Waals surface area contributed by atoms with Crippen molar-refractivity contribution in [1.82, 2.24) is 4.90 Å². The van der Waals surface area contributed by atoms with Gasteiger partial charge in [0.15, 0.2) is 0 Å². The van der Waals surface area contributed by atoms with E-state index in [9.17, 15) is 13.2 Å². The molecule has 1 aliphatic heterocycles. The van der Waals surface area contributed by atoms with Crippen LogP contribution in [0.25, 0.3) is 0 Å². The van der Waals surface area contributed by atoms with Crippen LogP contribution in [0.3, 0.4) is 0 Å². The van der Waals surface area contributed by atoms with E-state index in [0.717, 1.165) is 37.1 Å². The van der Waals surface area contributed by atoms with Gasteiger partial charge < -0.3 is 0 Å². The van der Waals surface area contributed by atoms with Crippen LogP contribution in [0, 0.1) is 0 Å². The Balaban J connectivity index is 2.24. The summed E-state index contributed by atoms with van der Waals surface area (Å²) < 4.78 is 38.9. The summed E-state index contributed by atoms with van der Waals surface area (Å²) in [5, 5.41) is 0. The van der Waals surface area contributed by atoms with Crippen molar-refractivity contribution < 1.29 is 13.2 Å². The zero-order chi connectivity index (χ0) is 14.8. The Labute approximate surface area is 118 Å². The quantitative estimate of drug-likeness (QED) is 0.770. The maximum absolute atomic E-state index is 13.0. The molecule has 1 nitrogen and oxygen atoms in total. The third kappa shape index (κ3) is 3.98. The molecule has 0 N–H and O–H groups in total. The fraction of sp³-hybridized carbons (Fsp3) is 0.625. The van der Waals surface area contributed by atoms with E-state index in [4.69, 9.17) is 0 Å². The van der Waals surface area contributed by atoms with Crippen LogP contribution >= 0.6 is 0 Å². The molecular weight excluding hydrogens is 263 g/mol. The molecule has 0 spiro atoms. The number of likely N-dealkylation sites (tertiary alicyclic amines) is 1. The van der Waals surface area contributed by atoms with Gasteiger partial charge in [-0.15, -0.1) is 0 Å². The largest absolute Gasteiger partial charge is 0.416 e. The Morgan fingerprint density at radius 3 is 2.25 bits per heavy atom. The lowest BCUT2D eigenvalue weighted by Crippen LogP contribution is -2.29. The first-order chi connectivity index (χ1) is 9.36. The molecule has 1 aromatic rings. The zero-order valence-electron chi connectivity index (χ0n) is 12.1. The van der Waals surface area contributed by atoms with Crippen molar-refractivity contribution in [3.05, 3.63) is 34.9 Å². The Morgan fingerprint density at radius 2 is 1.70 bits per heavy atom. The second-order valence-corrected chi connectivity index (χ2v) is 5.95. The molecule has 1 aromatic carbocycles. The lowest BCUT2D eigenvalue weighted by Gasteiger charge is -2.27. The maximum atomic E-state index is 13.0. The van der Waals surface area contributed by atoms with Crippen LogP contribution in [0.15, 0.2) is 18.2 Å². The number of benzene rings is 1. The highest BCUT2D eigenvalue weighted by molar-refractivity contribution is 5.33. The lowest BCUT2D eigenvalue weighted by molar-refractivity contribution is -0.137. The first-order valence-corrected chi connectivity index (χ1v) is 7.29. The molecule has 0 atom stereocenters. The van der Waals surface area contributed by atoms with Crippen LogP contribution in [-0.2, 0) is 12.7 Å². The first kappa shape index (κ1) is 15.4. The van der Waals surface area contributed by atoms with Gasteiger partial charge in [-0.3, -0.25) is 4.90 Å². The minimum absolute atomic E-state index is 0.109. The monoisotopic (exact) mass is 285 g/mol. The summed E-state index contributed by atoms with van der Waals surface area (Å²) in [6, 6.07) is 4.51. The van der Waals surface area contributed by atoms with Gasteiger partial charge >= 0.3 is 6.18 Å². The molecular formula is C16H22F3N. The molecule has 1 fully saturated rings. The van der Waals surface area contributed by atoms with Gasteiger partial charge in [0, 0.05) is 6.54 Å². The average Bonchev–Trinajstić information content (AvgIpc) is 2.38. The van der Waals surface area contributed by atoms with Gasteiger partial charge in [0.1, 0.15) is 0 Å². The summed E-state index contributed by atoms with van der Waals surface area (Å²) in [6.07, 6.45) is -0.732. The van der Waals surface area contributed by atoms with Gasteiger partial charge in [-0.05, 0) is 55.1 Å². The van der Waals surface area contributed by atoms with Crippen molar-refractivity contribution in [2.45, 2.75) is 51.7 Å². The minimum atomic E-state index is -4.26. The average molecular weight is 285 g/mol. The van der Waals surface area contributed by atoms with E-state index in [2.05, 4.69) is 4.90 Å². The Hall–Kier alpha value is -1.03. The maximum Gasteiger partial charge on any atom is 0.416 e. The van der Waals surface area contributed by atoms with Crippen molar-refractivity contribution in [3.8, 4) is 0 Å².